The molecule has 0 saturated heterocycles. The van der Waals surface area contributed by atoms with Crippen LogP contribution in [0.5, 0.6) is 0 Å². The fourth-order valence-corrected chi connectivity index (χ4v) is 3.76. The molecule has 0 spiro atoms. The van der Waals surface area contributed by atoms with E-state index in [0.29, 0.717) is 5.69 Å². The molecule has 1 aliphatic rings. The Morgan fingerprint density at radius 2 is 2.00 bits per heavy atom. The first kappa shape index (κ1) is 15.7. The van der Waals surface area contributed by atoms with Crippen LogP contribution in [0.15, 0.2) is 48.7 Å². The Kier molecular flexibility index (Phi) is 3.92. The Bertz CT molecular complexity index is 894. The molecule has 0 saturated carbocycles. The fourth-order valence-electron chi connectivity index (χ4n) is 3.76. The van der Waals surface area contributed by atoms with Crippen LogP contribution in [0.25, 0.3) is 11.3 Å². The SMILES string of the molecule is CC[C@@H]1c2cccn2CCN1C(=O)c1[nH]nc(-c2ccccc2)c1C. The normalized spacial score (nSPS) is 16.7. The van der Waals surface area contributed by atoms with Crippen LogP contribution >= 0.6 is 0 Å². The summed E-state index contributed by atoms with van der Waals surface area (Å²) in [6.45, 7) is 5.65. The summed E-state index contributed by atoms with van der Waals surface area (Å²) in [4.78, 5) is 15.2. The van der Waals surface area contributed by atoms with E-state index in [-0.39, 0.29) is 11.9 Å². The first-order valence-electron chi connectivity index (χ1n) is 8.77. The van der Waals surface area contributed by atoms with Gasteiger partial charge in [-0.05, 0) is 25.5 Å². The maximum atomic E-state index is 13.2. The smallest absolute Gasteiger partial charge is 0.272 e. The number of amides is 1. The molecular formula is C20H22N4O. The molecule has 0 unspecified atom stereocenters. The van der Waals surface area contributed by atoms with Gasteiger partial charge in [0, 0.05) is 36.1 Å². The van der Waals surface area contributed by atoms with Gasteiger partial charge in [0.25, 0.3) is 5.91 Å². The summed E-state index contributed by atoms with van der Waals surface area (Å²) in [6, 6.07) is 14.3. The van der Waals surface area contributed by atoms with Crippen molar-refractivity contribution in [3.05, 3.63) is 65.6 Å². The van der Waals surface area contributed by atoms with Crippen LogP contribution < -0.4 is 0 Å². The first-order chi connectivity index (χ1) is 12.2. The van der Waals surface area contributed by atoms with Crippen molar-refractivity contribution >= 4 is 5.91 Å². The van der Waals surface area contributed by atoms with Gasteiger partial charge in [0.1, 0.15) is 5.69 Å². The second-order valence-corrected chi connectivity index (χ2v) is 6.49. The fraction of sp³-hybridized carbons (Fsp3) is 0.300. The molecule has 0 fully saturated rings. The summed E-state index contributed by atoms with van der Waals surface area (Å²) >= 11 is 0. The average Bonchev–Trinajstić information content (AvgIpc) is 3.27. The zero-order valence-corrected chi connectivity index (χ0v) is 14.6. The average molecular weight is 334 g/mol. The lowest BCUT2D eigenvalue weighted by molar-refractivity contribution is 0.0611. The highest BCUT2D eigenvalue weighted by Crippen LogP contribution is 2.31. The third-order valence-electron chi connectivity index (χ3n) is 5.08. The van der Waals surface area contributed by atoms with Gasteiger partial charge in [-0.25, -0.2) is 0 Å². The molecule has 3 aromatic rings. The lowest BCUT2D eigenvalue weighted by Crippen LogP contribution is -2.42. The maximum Gasteiger partial charge on any atom is 0.272 e. The zero-order chi connectivity index (χ0) is 17.4. The molecule has 4 rings (SSSR count). The minimum absolute atomic E-state index is 0.0338. The van der Waals surface area contributed by atoms with Gasteiger partial charge in [0.15, 0.2) is 0 Å². The summed E-state index contributed by atoms with van der Waals surface area (Å²) in [5.74, 6) is 0.0338. The van der Waals surface area contributed by atoms with E-state index in [9.17, 15) is 4.79 Å². The number of nitrogens with one attached hydrogen (secondary N) is 1. The van der Waals surface area contributed by atoms with Gasteiger partial charge >= 0.3 is 0 Å². The third-order valence-corrected chi connectivity index (χ3v) is 5.08. The number of rotatable bonds is 3. The summed E-state index contributed by atoms with van der Waals surface area (Å²) in [5, 5.41) is 7.39. The van der Waals surface area contributed by atoms with Gasteiger partial charge in [0.05, 0.1) is 11.7 Å². The molecule has 0 aliphatic carbocycles. The van der Waals surface area contributed by atoms with Crippen LogP contribution in [0, 0.1) is 6.92 Å². The van der Waals surface area contributed by atoms with E-state index < -0.39 is 0 Å². The van der Waals surface area contributed by atoms with Crippen molar-refractivity contribution in [2.45, 2.75) is 32.9 Å². The summed E-state index contributed by atoms with van der Waals surface area (Å²) in [5.41, 5.74) is 4.58. The van der Waals surface area contributed by atoms with E-state index in [1.54, 1.807) is 0 Å². The van der Waals surface area contributed by atoms with Crippen LogP contribution in [0.1, 0.15) is 41.1 Å². The number of carbonyl (C=O) groups excluding carboxylic acids is 1. The van der Waals surface area contributed by atoms with E-state index in [0.717, 1.165) is 36.3 Å². The zero-order valence-electron chi connectivity index (χ0n) is 14.6. The van der Waals surface area contributed by atoms with Crippen molar-refractivity contribution in [2.75, 3.05) is 6.54 Å². The van der Waals surface area contributed by atoms with Crippen molar-refractivity contribution in [1.82, 2.24) is 19.7 Å². The molecule has 5 heteroatoms. The predicted molar refractivity (Wildman–Crippen MR) is 97.3 cm³/mol. The summed E-state index contributed by atoms with van der Waals surface area (Å²) in [7, 11) is 0. The molecule has 1 atom stereocenters. The Morgan fingerprint density at radius 1 is 1.20 bits per heavy atom. The molecule has 2 aromatic heterocycles. The molecule has 0 radical (unpaired) electrons. The van der Waals surface area contributed by atoms with Gasteiger partial charge in [-0.15, -0.1) is 0 Å². The van der Waals surface area contributed by atoms with Crippen LogP contribution in [-0.2, 0) is 6.54 Å². The lowest BCUT2D eigenvalue weighted by atomic mass is 10.0. The second-order valence-electron chi connectivity index (χ2n) is 6.49. The minimum atomic E-state index is 0.0338. The van der Waals surface area contributed by atoms with Crippen LogP contribution in [0.4, 0.5) is 0 Å². The van der Waals surface area contributed by atoms with Crippen molar-refractivity contribution < 1.29 is 4.79 Å². The van der Waals surface area contributed by atoms with E-state index in [4.69, 9.17) is 0 Å². The number of hydrogen-bond donors (Lipinski definition) is 1. The van der Waals surface area contributed by atoms with E-state index >= 15 is 0 Å². The highest BCUT2D eigenvalue weighted by molar-refractivity contribution is 5.95. The second kappa shape index (κ2) is 6.24. The van der Waals surface area contributed by atoms with Crippen molar-refractivity contribution in [3.8, 4) is 11.3 Å². The minimum Gasteiger partial charge on any atom is -0.348 e. The number of fused-ring (bicyclic) bond motifs is 1. The van der Waals surface area contributed by atoms with Crippen LogP contribution in [-0.4, -0.2) is 32.1 Å². The van der Waals surface area contributed by atoms with Gasteiger partial charge in [-0.2, -0.15) is 5.10 Å². The Balaban J connectivity index is 1.67. The number of aromatic nitrogens is 3. The Hall–Kier alpha value is -2.82. The quantitative estimate of drug-likeness (QED) is 0.792. The molecular weight excluding hydrogens is 312 g/mol. The van der Waals surface area contributed by atoms with Crippen molar-refractivity contribution in [2.24, 2.45) is 0 Å². The number of benzene rings is 1. The van der Waals surface area contributed by atoms with Crippen LogP contribution in [0.3, 0.4) is 0 Å². The third kappa shape index (κ3) is 2.56. The van der Waals surface area contributed by atoms with Gasteiger partial charge in [-0.1, -0.05) is 37.3 Å². The highest BCUT2D eigenvalue weighted by atomic mass is 16.2. The lowest BCUT2D eigenvalue weighted by Gasteiger charge is -2.36. The number of carbonyl (C=O) groups is 1. The van der Waals surface area contributed by atoms with E-state index in [1.165, 1.54) is 5.69 Å². The van der Waals surface area contributed by atoms with E-state index in [1.807, 2.05) is 42.2 Å². The number of H-pyrrole nitrogens is 1. The van der Waals surface area contributed by atoms with Gasteiger partial charge < -0.3 is 9.47 Å². The molecule has 1 aliphatic heterocycles. The van der Waals surface area contributed by atoms with E-state index in [2.05, 4.69) is 40.0 Å². The first-order valence-corrected chi connectivity index (χ1v) is 8.77. The highest BCUT2D eigenvalue weighted by Gasteiger charge is 2.32. The molecule has 128 valence electrons. The number of aromatic amines is 1. The summed E-state index contributed by atoms with van der Waals surface area (Å²) < 4.78 is 2.24. The molecule has 0 bridgehead atoms. The molecule has 1 N–H and O–H groups in total. The van der Waals surface area contributed by atoms with Gasteiger partial charge in [-0.3, -0.25) is 9.89 Å². The van der Waals surface area contributed by atoms with Gasteiger partial charge in [0.2, 0.25) is 0 Å². The predicted octanol–water partition coefficient (Wildman–Crippen LogP) is 3.79. The number of hydrogen-bond acceptors (Lipinski definition) is 2. The largest absolute Gasteiger partial charge is 0.348 e. The molecule has 3 heterocycles. The number of nitrogens with zero attached hydrogens (tertiary/aromatic N) is 3. The van der Waals surface area contributed by atoms with Crippen LogP contribution in [0.2, 0.25) is 0 Å². The summed E-state index contributed by atoms with van der Waals surface area (Å²) in [6.07, 6.45) is 2.99. The Labute approximate surface area is 147 Å². The van der Waals surface area contributed by atoms with Crippen molar-refractivity contribution in [3.63, 3.8) is 0 Å². The standard InChI is InChI=1S/C20H22N4O/c1-3-16-17-10-7-11-23(17)12-13-24(16)20(25)19-14(2)18(21-22-19)15-8-5-4-6-9-15/h4-11,16H,3,12-13H2,1-2H3,(H,21,22)/t16-/m1/s1. The molecule has 25 heavy (non-hydrogen) atoms. The van der Waals surface area contributed by atoms with Crippen molar-refractivity contribution in [1.29, 1.82) is 0 Å². The maximum absolute atomic E-state index is 13.2. The topological polar surface area (TPSA) is 53.9 Å². The monoisotopic (exact) mass is 334 g/mol. The Morgan fingerprint density at radius 3 is 2.76 bits per heavy atom. The molecule has 1 amide bonds. The molecule has 1 aromatic carbocycles. The molecule has 5 nitrogen and oxygen atoms in total.